The van der Waals surface area contributed by atoms with Gasteiger partial charge in [0, 0.05) is 57.4 Å². The first-order valence-corrected chi connectivity index (χ1v) is 17.4. The van der Waals surface area contributed by atoms with Gasteiger partial charge in [0.25, 0.3) is 0 Å². The number of nitrogens with zero attached hydrogens (tertiary/aromatic N) is 3. The van der Waals surface area contributed by atoms with Crippen LogP contribution in [0.4, 0.5) is 0 Å². The highest BCUT2D eigenvalue weighted by Crippen LogP contribution is 2.45. The molecule has 11 aromatic rings. The third-order valence-corrected chi connectivity index (χ3v) is 12.1. The maximum absolute atomic E-state index is 5.52. The van der Waals surface area contributed by atoms with Crippen LogP contribution < -0.4 is 0 Å². The van der Waals surface area contributed by atoms with Gasteiger partial charge < -0.3 is 0 Å². The second kappa shape index (κ2) is 9.46. The molecule has 0 saturated carbocycles. The van der Waals surface area contributed by atoms with Gasteiger partial charge in [-0.3, -0.25) is 4.57 Å². The summed E-state index contributed by atoms with van der Waals surface area (Å²) in [5, 5.41) is 11.2. The summed E-state index contributed by atoms with van der Waals surface area (Å²) in [4.78, 5) is 10.8. The van der Waals surface area contributed by atoms with Crippen LogP contribution in [-0.4, -0.2) is 14.5 Å². The van der Waals surface area contributed by atoms with Gasteiger partial charge >= 0.3 is 0 Å². The Balaban J connectivity index is 1.27. The van der Waals surface area contributed by atoms with Crippen LogP contribution in [-0.2, 0) is 0 Å². The molecule has 218 valence electrons. The highest BCUT2D eigenvalue weighted by molar-refractivity contribution is 7.27. The number of benzene rings is 7. The number of rotatable bonds is 2. The van der Waals surface area contributed by atoms with Crippen LogP contribution in [0.1, 0.15) is 0 Å². The van der Waals surface area contributed by atoms with Gasteiger partial charge in [0.2, 0.25) is 5.95 Å². The molecule has 0 bridgehead atoms. The lowest BCUT2D eigenvalue weighted by Crippen LogP contribution is -2.03. The number of thiophene rings is 2. The van der Waals surface area contributed by atoms with Crippen molar-refractivity contribution in [1.29, 1.82) is 0 Å². The lowest BCUT2D eigenvalue weighted by molar-refractivity contribution is 1.02. The molecule has 0 aliphatic heterocycles. The molecule has 0 atom stereocenters. The van der Waals surface area contributed by atoms with Crippen molar-refractivity contribution >= 4 is 106 Å². The zero-order valence-electron chi connectivity index (χ0n) is 24.9. The Hall–Kier alpha value is -5.62. The minimum absolute atomic E-state index is 0.693. The lowest BCUT2D eigenvalue weighted by atomic mass is 10.0. The fourth-order valence-electron chi connectivity index (χ4n) is 7.52. The van der Waals surface area contributed by atoms with E-state index in [1.807, 2.05) is 22.7 Å². The average Bonchev–Trinajstić information content (AvgIpc) is 3.81. The van der Waals surface area contributed by atoms with Crippen LogP contribution in [0.25, 0.3) is 101 Å². The molecule has 0 aliphatic carbocycles. The van der Waals surface area contributed by atoms with Gasteiger partial charge in [0.1, 0.15) is 0 Å². The molecule has 0 radical (unpaired) electrons. The third kappa shape index (κ3) is 3.50. The van der Waals surface area contributed by atoms with Gasteiger partial charge in [-0.15, -0.1) is 22.7 Å². The zero-order chi connectivity index (χ0) is 30.6. The average molecular weight is 634 g/mol. The predicted octanol–water partition coefficient (Wildman–Crippen LogP) is 12.3. The molecule has 47 heavy (non-hydrogen) atoms. The topological polar surface area (TPSA) is 30.7 Å². The van der Waals surface area contributed by atoms with E-state index in [0.29, 0.717) is 5.95 Å². The van der Waals surface area contributed by atoms with Gasteiger partial charge in [-0.05, 0) is 29.0 Å². The van der Waals surface area contributed by atoms with Crippen molar-refractivity contribution < 1.29 is 0 Å². The molecule has 4 heterocycles. The normalized spacial score (nSPS) is 12.3. The van der Waals surface area contributed by atoms with Gasteiger partial charge in [-0.25, -0.2) is 9.97 Å². The Kier molecular flexibility index (Phi) is 5.14. The summed E-state index contributed by atoms with van der Waals surface area (Å²) in [5.41, 5.74) is 5.31. The van der Waals surface area contributed by atoms with Gasteiger partial charge in [0.05, 0.1) is 26.9 Å². The SMILES string of the molecule is c1ccc2c(c1)ccc1c3cccc(-c4nc(-n5c6ccccc6c6ccc7c8ccccc8sc7c65)nc5ccccc45)c3sc21. The summed E-state index contributed by atoms with van der Waals surface area (Å²) in [6, 6.07) is 50.2. The second-order valence-electron chi connectivity index (χ2n) is 12.1. The Morgan fingerprint density at radius 1 is 0.426 bits per heavy atom. The van der Waals surface area contributed by atoms with E-state index in [-0.39, 0.29) is 0 Å². The monoisotopic (exact) mass is 633 g/mol. The molecule has 0 fully saturated rings. The molecule has 4 aromatic heterocycles. The van der Waals surface area contributed by atoms with Crippen molar-refractivity contribution in [1.82, 2.24) is 14.5 Å². The summed E-state index contributed by atoms with van der Waals surface area (Å²) in [6.07, 6.45) is 0. The summed E-state index contributed by atoms with van der Waals surface area (Å²) >= 11 is 3.72. The summed E-state index contributed by atoms with van der Waals surface area (Å²) in [6.45, 7) is 0. The Morgan fingerprint density at radius 2 is 1.11 bits per heavy atom. The molecular formula is C42H23N3S2. The molecular weight excluding hydrogens is 611 g/mol. The number of aromatic nitrogens is 3. The van der Waals surface area contributed by atoms with Crippen molar-refractivity contribution in [3.63, 3.8) is 0 Å². The first-order valence-electron chi connectivity index (χ1n) is 15.8. The minimum Gasteiger partial charge on any atom is -0.276 e. The largest absolute Gasteiger partial charge is 0.276 e. The lowest BCUT2D eigenvalue weighted by Gasteiger charge is -2.12. The molecule has 0 spiro atoms. The molecule has 7 aromatic carbocycles. The fraction of sp³-hybridized carbons (Fsp3) is 0. The molecule has 5 heteroatoms. The van der Waals surface area contributed by atoms with E-state index in [9.17, 15) is 0 Å². The molecule has 0 amide bonds. The van der Waals surface area contributed by atoms with E-state index < -0.39 is 0 Å². The number of para-hydroxylation sites is 2. The van der Waals surface area contributed by atoms with Crippen molar-refractivity contribution in [2.24, 2.45) is 0 Å². The first kappa shape index (κ1) is 25.6. The van der Waals surface area contributed by atoms with Crippen molar-refractivity contribution in [3.8, 4) is 17.2 Å². The van der Waals surface area contributed by atoms with E-state index in [4.69, 9.17) is 9.97 Å². The van der Waals surface area contributed by atoms with E-state index in [1.54, 1.807) is 0 Å². The fourth-order valence-corrected chi connectivity index (χ4v) is 10.1. The number of fused-ring (bicyclic) bond motifs is 13. The van der Waals surface area contributed by atoms with Crippen LogP contribution >= 0.6 is 22.7 Å². The van der Waals surface area contributed by atoms with Gasteiger partial charge in [-0.2, -0.15) is 0 Å². The highest BCUT2D eigenvalue weighted by Gasteiger charge is 2.22. The molecule has 3 nitrogen and oxygen atoms in total. The molecule has 0 unspecified atom stereocenters. The van der Waals surface area contributed by atoms with Crippen LogP contribution in [0.15, 0.2) is 140 Å². The molecule has 0 aliphatic rings. The standard InChI is InChI=1S/C42H23N3S2/c1-2-11-25-24(10-1)20-21-31-29-15-9-16-33(40(29)47-39(25)31)37-32-14-3-6-17-34(32)43-42(44-37)45-35-18-7-4-12-26(35)28-22-23-30-27-13-5-8-19-36(27)46-41(30)38(28)45/h1-23H. The van der Waals surface area contributed by atoms with E-state index in [2.05, 4.69) is 144 Å². The summed E-state index contributed by atoms with van der Waals surface area (Å²) in [7, 11) is 0. The first-order chi connectivity index (χ1) is 23.3. The Labute approximate surface area is 276 Å². The van der Waals surface area contributed by atoms with E-state index in [0.717, 1.165) is 33.2 Å². The Morgan fingerprint density at radius 3 is 2.04 bits per heavy atom. The number of hydrogen-bond acceptors (Lipinski definition) is 4. The quantitative estimate of drug-likeness (QED) is 0.190. The Bertz CT molecular complexity index is 3090. The van der Waals surface area contributed by atoms with Crippen molar-refractivity contribution in [3.05, 3.63) is 140 Å². The van der Waals surface area contributed by atoms with Crippen LogP contribution in [0.3, 0.4) is 0 Å². The van der Waals surface area contributed by atoms with Crippen LogP contribution in [0.2, 0.25) is 0 Å². The summed E-state index contributed by atoms with van der Waals surface area (Å²) in [5.74, 6) is 0.693. The van der Waals surface area contributed by atoms with E-state index >= 15 is 0 Å². The van der Waals surface area contributed by atoms with Gasteiger partial charge in [-0.1, -0.05) is 121 Å². The zero-order valence-corrected chi connectivity index (χ0v) is 26.6. The molecule has 0 saturated heterocycles. The second-order valence-corrected chi connectivity index (χ2v) is 14.2. The van der Waals surface area contributed by atoms with Crippen LogP contribution in [0, 0.1) is 0 Å². The highest BCUT2D eigenvalue weighted by atomic mass is 32.1. The number of hydrogen-bond donors (Lipinski definition) is 0. The maximum Gasteiger partial charge on any atom is 0.235 e. The smallest absolute Gasteiger partial charge is 0.235 e. The van der Waals surface area contributed by atoms with E-state index in [1.165, 1.54) is 61.9 Å². The maximum atomic E-state index is 5.52. The van der Waals surface area contributed by atoms with Gasteiger partial charge in [0.15, 0.2) is 0 Å². The minimum atomic E-state index is 0.693. The molecule has 11 rings (SSSR count). The predicted molar refractivity (Wildman–Crippen MR) is 203 cm³/mol. The van der Waals surface area contributed by atoms with Crippen LogP contribution in [0.5, 0.6) is 0 Å². The van der Waals surface area contributed by atoms with Crippen molar-refractivity contribution in [2.75, 3.05) is 0 Å². The third-order valence-electron chi connectivity index (χ3n) is 9.61. The van der Waals surface area contributed by atoms with Crippen molar-refractivity contribution in [2.45, 2.75) is 0 Å². The molecule has 0 N–H and O–H groups in total. The summed E-state index contributed by atoms with van der Waals surface area (Å²) < 4.78 is 7.42.